The van der Waals surface area contributed by atoms with Gasteiger partial charge in [0.1, 0.15) is 0 Å². The number of nitrogens with zero attached hydrogens (tertiary/aromatic N) is 2. The van der Waals surface area contributed by atoms with Crippen LogP contribution in [0.15, 0.2) is 91.6 Å². The van der Waals surface area contributed by atoms with Crippen molar-refractivity contribution in [2.24, 2.45) is 0 Å². The number of halogens is 1. The number of likely N-dealkylation sites (tertiary alicyclic amines) is 1. The van der Waals surface area contributed by atoms with Gasteiger partial charge in [-0.05, 0) is 61.3 Å². The third-order valence-electron chi connectivity index (χ3n) is 6.86. The molecule has 1 atom stereocenters. The van der Waals surface area contributed by atoms with Crippen molar-refractivity contribution in [3.05, 3.63) is 108 Å². The number of piperidine rings is 1. The van der Waals surface area contributed by atoms with Gasteiger partial charge in [-0.1, -0.05) is 79.2 Å². The average molecular weight is 470 g/mol. The topological polar surface area (TPSA) is 20.2 Å². The van der Waals surface area contributed by atoms with Gasteiger partial charge in [-0.15, -0.1) is 0 Å². The van der Waals surface area contributed by atoms with Gasteiger partial charge in [0.15, 0.2) is 0 Å². The standard InChI is InChI=1S/C30H32ClN3/c1-23(30(24-11-4-2-5-12-24)32-26-14-10-13-25(31)21-26)28-22-34(29-16-7-6-15-27(28)29)20-19-33-17-8-3-9-18-33/h2,4-7,10-16,21-22,30,32H,1,3,8-9,17-20H2. The Morgan fingerprint density at radius 2 is 1.65 bits per heavy atom. The minimum Gasteiger partial charge on any atom is -0.374 e. The maximum Gasteiger partial charge on any atom is 0.0768 e. The first kappa shape index (κ1) is 22.8. The van der Waals surface area contributed by atoms with Crippen LogP contribution in [-0.4, -0.2) is 29.1 Å². The van der Waals surface area contributed by atoms with Crippen LogP contribution in [-0.2, 0) is 6.54 Å². The number of rotatable bonds is 8. The van der Waals surface area contributed by atoms with Gasteiger partial charge >= 0.3 is 0 Å². The fraction of sp³-hybridized carbons (Fsp3) is 0.267. The van der Waals surface area contributed by atoms with E-state index in [1.165, 1.54) is 54.4 Å². The zero-order valence-electron chi connectivity index (χ0n) is 19.6. The highest BCUT2D eigenvalue weighted by molar-refractivity contribution is 6.30. The van der Waals surface area contributed by atoms with Crippen molar-refractivity contribution >= 4 is 33.8 Å². The number of fused-ring (bicyclic) bond motifs is 1. The molecule has 0 saturated carbocycles. The van der Waals surface area contributed by atoms with Gasteiger partial charge in [0.25, 0.3) is 0 Å². The summed E-state index contributed by atoms with van der Waals surface area (Å²) in [6.45, 7) is 9.14. The van der Waals surface area contributed by atoms with Crippen LogP contribution >= 0.6 is 11.6 Å². The Hall–Kier alpha value is -3.01. The molecular weight excluding hydrogens is 438 g/mol. The molecular formula is C30H32ClN3. The molecule has 174 valence electrons. The van der Waals surface area contributed by atoms with E-state index in [0.29, 0.717) is 0 Å². The molecule has 4 heteroatoms. The van der Waals surface area contributed by atoms with Crippen molar-refractivity contribution < 1.29 is 0 Å². The number of nitrogens with one attached hydrogen (secondary N) is 1. The summed E-state index contributed by atoms with van der Waals surface area (Å²) in [5.41, 5.74) is 5.68. The molecule has 2 heterocycles. The lowest BCUT2D eigenvalue weighted by Crippen LogP contribution is -2.32. The van der Waals surface area contributed by atoms with E-state index >= 15 is 0 Å². The Balaban J connectivity index is 1.48. The predicted molar refractivity (Wildman–Crippen MR) is 146 cm³/mol. The second-order valence-electron chi connectivity index (χ2n) is 9.18. The molecule has 1 aliphatic rings. The van der Waals surface area contributed by atoms with E-state index in [-0.39, 0.29) is 6.04 Å². The Kier molecular flexibility index (Phi) is 7.03. The Morgan fingerprint density at radius 1 is 0.882 bits per heavy atom. The quantitative estimate of drug-likeness (QED) is 0.286. The van der Waals surface area contributed by atoms with Crippen LogP contribution in [0, 0.1) is 0 Å². The number of para-hydroxylation sites is 1. The molecule has 0 bridgehead atoms. The molecule has 4 aromatic rings. The minimum atomic E-state index is -0.0685. The summed E-state index contributed by atoms with van der Waals surface area (Å²) in [5, 5.41) is 5.66. The summed E-state index contributed by atoms with van der Waals surface area (Å²) >= 11 is 6.28. The Bertz CT molecular complexity index is 1250. The van der Waals surface area contributed by atoms with Gasteiger partial charge in [0.05, 0.1) is 6.04 Å². The van der Waals surface area contributed by atoms with E-state index in [4.69, 9.17) is 11.6 Å². The normalized spacial score (nSPS) is 15.3. The summed E-state index contributed by atoms with van der Waals surface area (Å²) in [6, 6.07) is 27.0. The van der Waals surface area contributed by atoms with Crippen molar-refractivity contribution in [1.82, 2.24) is 9.47 Å². The van der Waals surface area contributed by atoms with Crippen LogP contribution in [0.2, 0.25) is 5.02 Å². The maximum absolute atomic E-state index is 6.28. The van der Waals surface area contributed by atoms with Crippen LogP contribution in [0.1, 0.15) is 36.4 Å². The molecule has 0 radical (unpaired) electrons. The summed E-state index contributed by atoms with van der Waals surface area (Å²) in [7, 11) is 0. The van der Waals surface area contributed by atoms with Gasteiger partial charge in [0, 0.05) is 46.5 Å². The van der Waals surface area contributed by atoms with Crippen molar-refractivity contribution in [2.45, 2.75) is 31.8 Å². The highest BCUT2D eigenvalue weighted by atomic mass is 35.5. The number of aromatic nitrogens is 1. The number of hydrogen-bond acceptors (Lipinski definition) is 2. The van der Waals surface area contributed by atoms with Crippen LogP contribution in [0.25, 0.3) is 16.5 Å². The average Bonchev–Trinajstić information content (AvgIpc) is 3.26. The third kappa shape index (κ3) is 5.06. The van der Waals surface area contributed by atoms with Crippen molar-refractivity contribution in [2.75, 3.05) is 25.0 Å². The van der Waals surface area contributed by atoms with E-state index in [2.05, 4.69) is 88.2 Å². The van der Waals surface area contributed by atoms with Crippen LogP contribution < -0.4 is 5.32 Å². The summed E-state index contributed by atoms with van der Waals surface area (Å²) in [5.74, 6) is 0. The van der Waals surface area contributed by atoms with E-state index < -0.39 is 0 Å². The first-order chi connectivity index (χ1) is 16.7. The highest BCUT2D eigenvalue weighted by Gasteiger charge is 2.21. The lowest BCUT2D eigenvalue weighted by Gasteiger charge is -2.26. The van der Waals surface area contributed by atoms with E-state index in [1.54, 1.807) is 0 Å². The summed E-state index contributed by atoms with van der Waals surface area (Å²) < 4.78 is 2.41. The molecule has 3 nitrogen and oxygen atoms in total. The lowest BCUT2D eigenvalue weighted by atomic mass is 9.93. The number of anilines is 1. The highest BCUT2D eigenvalue weighted by Crippen LogP contribution is 2.37. The second-order valence-corrected chi connectivity index (χ2v) is 9.62. The van der Waals surface area contributed by atoms with E-state index in [1.807, 2.05) is 18.2 Å². The summed E-state index contributed by atoms with van der Waals surface area (Å²) in [4.78, 5) is 2.60. The van der Waals surface area contributed by atoms with Crippen LogP contribution in [0.3, 0.4) is 0 Å². The van der Waals surface area contributed by atoms with E-state index in [0.717, 1.165) is 29.4 Å². The molecule has 1 fully saturated rings. The van der Waals surface area contributed by atoms with E-state index in [9.17, 15) is 0 Å². The fourth-order valence-corrected chi connectivity index (χ4v) is 5.23. The Morgan fingerprint density at radius 3 is 2.44 bits per heavy atom. The number of benzene rings is 3. The molecule has 0 aliphatic carbocycles. The maximum atomic E-state index is 6.28. The molecule has 3 aromatic carbocycles. The number of hydrogen-bond donors (Lipinski definition) is 1. The Labute approximate surface area is 207 Å². The molecule has 1 saturated heterocycles. The van der Waals surface area contributed by atoms with Gasteiger partial charge in [-0.3, -0.25) is 0 Å². The molecule has 1 aromatic heterocycles. The molecule has 34 heavy (non-hydrogen) atoms. The molecule has 5 rings (SSSR count). The third-order valence-corrected chi connectivity index (χ3v) is 7.09. The van der Waals surface area contributed by atoms with Crippen molar-refractivity contribution in [1.29, 1.82) is 0 Å². The largest absolute Gasteiger partial charge is 0.374 e. The van der Waals surface area contributed by atoms with Gasteiger partial charge in [-0.25, -0.2) is 0 Å². The second kappa shape index (κ2) is 10.5. The van der Waals surface area contributed by atoms with Gasteiger partial charge in [0.2, 0.25) is 0 Å². The molecule has 1 unspecified atom stereocenters. The first-order valence-electron chi connectivity index (χ1n) is 12.3. The zero-order chi connectivity index (χ0) is 23.3. The molecule has 1 aliphatic heterocycles. The molecule has 0 spiro atoms. The fourth-order valence-electron chi connectivity index (χ4n) is 5.04. The van der Waals surface area contributed by atoms with Crippen LogP contribution in [0.5, 0.6) is 0 Å². The molecule has 1 N–H and O–H groups in total. The smallest absolute Gasteiger partial charge is 0.0768 e. The predicted octanol–water partition coefficient (Wildman–Crippen LogP) is 7.65. The summed E-state index contributed by atoms with van der Waals surface area (Å²) in [6.07, 6.45) is 6.31. The lowest BCUT2D eigenvalue weighted by molar-refractivity contribution is 0.221. The SMILES string of the molecule is C=C(c1cn(CCN2CCCCC2)c2ccccc12)C(Nc1cccc(Cl)c1)c1ccccc1. The van der Waals surface area contributed by atoms with Gasteiger partial charge in [-0.2, -0.15) is 0 Å². The van der Waals surface area contributed by atoms with Crippen molar-refractivity contribution in [3.63, 3.8) is 0 Å². The monoisotopic (exact) mass is 469 g/mol. The van der Waals surface area contributed by atoms with Crippen LogP contribution in [0.4, 0.5) is 5.69 Å². The van der Waals surface area contributed by atoms with Crippen molar-refractivity contribution in [3.8, 4) is 0 Å². The minimum absolute atomic E-state index is 0.0685. The zero-order valence-corrected chi connectivity index (χ0v) is 20.3. The first-order valence-corrected chi connectivity index (χ1v) is 12.6. The molecule has 0 amide bonds. The van der Waals surface area contributed by atoms with Gasteiger partial charge < -0.3 is 14.8 Å².